The van der Waals surface area contributed by atoms with Gasteiger partial charge in [-0.3, -0.25) is 4.79 Å². The van der Waals surface area contributed by atoms with Gasteiger partial charge in [0.1, 0.15) is 5.78 Å². The molecule has 4 heteroatoms. The molecule has 1 aromatic rings. The Bertz CT molecular complexity index is 432. The number of rotatable bonds is 6. The topological polar surface area (TPSA) is 66.8 Å². The number of ether oxygens (including phenoxy) is 1. The molecular formula is C15H22O4. The Kier molecular flexibility index (Phi) is 5.36. The lowest BCUT2D eigenvalue weighted by Crippen LogP contribution is -2.22. The van der Waals surface area contributed by atoms with Crippen LogP contribution in [0.5, 0.6) is 11.5 Å². The zero-order chi connectivity index (χ0) is 14.5. The third-order valence-corrected chi connectivity index (χ3v) is 2.79. The zero-order valence-electron chi connectivity index (χ0n) is 11.8. The SMILES string of the molecule is CC(C)(C)C(=O)Cc1ccc(O)c(OCCCO)c1. The Morgan fingerprint density at radius 3 is 2.58 bits per heavy atom. The second kappa shape index (κ2) is 6.57. The van der Waals surface area contributed by atoms with Gasteiger partial charge < -0.3 is 14.9 Å². The van der Waals surface area contributed by atoms with E-state index in [1.54, 1.807) is 12.1 Å². The molecule has 4 nitrogen and oxygen atoms in total. The molecule has 0 fully saturated rings. The first-order chi connectivity index (χ1) is 8.84. The minimum Gasteiger partial charge on any atom is -0.504 e. The molecular weight excluding hydrogens is 244 g/mol. The molecule has 0 bridgehead atoms. The molecule has 0 amide bonds. The molecule has 1 rings (SSSR count). The summed E-state index contributed by atoms with van der Waals surface area (Å²) in [6, 6.07) is 4.92. The van der Waals surface area contributed by atoms with E-state index in [0.717, 1.165) is 5.56 Å². The van der Waals surface area contributed by atoms with Gasteiger partial charge >= 0.3 is 0 Å². The maximum atomic E-state index is 12.0. The number of aliphatic hydroxyl groups excluding tert-OH is 1. The van der Waals surface area contributed by atoms with Gasteiger partial charge in [-0.25, -0.2) is 0 Å². The maximum Gasteiger partial charge on any atom is 0.161 e. The summed E-state index contributed by atoms with van der Waals surface area (Å²) < 4.78 is 5.36. The monoisotopic (exact) mass is 266 g/mol. The summed E-state index contributed by atoms with van der Waals surface area (Å²) in [5, 5.41) is 18.3. The molecule has 0 aromatic heterocycles. The lowest BCUT2D eigenvalue weighted by atomic mass is 9.87. The molecule has 0 unspecified atom stereocenters. The van der Waals surface area contributed by atoms with Crippen LogP contribution in [0.2, 0.25) is 0 Å². The zero-order valence-corrected chi connectivity index (χ0v) is 11.8. The Morgan fingerprint density at radius 1 is 1.32 bits per heavy atom. The lowest BCUT2D eigenvalue weighted by Gasteiger charge is -2.17. The Labute approximate surface area is 114 Å². The molecule has 0 heterocycles. The van der Waals surface area contributed by atoms with E-state index in [4.69, 9.17) is 9.84 Å². The van der Waals surface area contributed by atoms with Gasteiger partial charge in [-0.2, -0.15) is 0 Å². The second-order valence-electron chi connectivity index (χ2n) is 5.58. The number of benzene rings is 1. The van der Waals surface area contributed by atoms with E-state index in [9.17, 15) is 9.90 Å². The molecule has 0 aliphatic heterocycles. The highest BCUT2D eigenvalue weighted by Gasteiger charge is 2.21. The molecule has 0 aliphatic rings. The van der Waals surface area contributed by atoms with Crippen molar-refractivity contribution in [3.63, 3.8) is 0 Å². The second-order valence-corrected chi connectivity index (χ2v) is 5.58. The number of carbonyl (C=O) groups is 1. The van der Waals surface area contributed by atoms with E-state index >= 15 is 0 Å². The number of phenolic OH excluding ortho intramolecular Hbond substituents is 1. The van der Waals surface area contributed by atoms with E-state index in [1.807, 2.05) is 20.8 Å². The fourth-order valence-electron chi connectivity index (χ4n) is 1.48. The van der Waals surface area contributed by atoms with Crippen LogP contribution < -0.4 is 4.74 Å². The van der Waals surface area contributed by atoms with Gasteiger partial charge in [0.2, 0.25) is 0 Å². The van der Waals surface area contributed by atoms with Crippen LogP contribution in [0.4, 0.5) is 0 Å². The van der Waals surface area contributed by atoms with Crippen molar-refractivity contribution >= 4 is 5.78 Å². The first-order valence-corrected chi connectivity index (χ1v) is 6.43. The number of carbonyl (C=O) groups excluding carboxylic acids is 1. The first-order valence-electron chi connectivity index (χ1n) is 6.43. The fraction of sp³-hybridized carbons (Fsp3) is 0.533. The normalized spacial score (nSPS) is 11.4. The molecule has 0 saturated carbocycles. The smallest absolute Gasteiger partial charge is 0.161 e. The van der Waals surface area contributed by atoms with E-state index in [0.29, 0.717) is 25.2 Å². The molecule has 2 N–H and O–H groups in total. The van der Waals surface area contributed by atoms with Gasteiger partial charge in [-0.1, -0.05) is 26.8 Å². The van der Waals surface area contributed by atoms with Crippen LogP contribution in [-0.2, 0) is 11.2 Å². The maximum absolute atomic E-state index is 12.0. The average molecular weight is 266 g/mol. The highest BCUT2D eigenvalue weighted by molar-refractivity contribution is 5.85. The molecule has 0 radical (unpaired) electrons. The summed E-state index contributed by atoms with van der Waals surface area (Å²) in [6.45, 7) is 6.03. The van der Waals surface area contributed by atoms with Gasteiger partial charge in [0.15, 0.2) is 11.5 Å². The largest absolute Gasteiger partial charge is 0.504 e. The van der Waals surface area contributed by atoms with Crippen molar-refractivity contribution < 1.29 is 19.7 Å². The Morgan fingerprint density at radius 2 is 2.00 bits per heavy atom. The quantitative estimate of drug-likeness (QED) is 0.775. The standard InChI is InChI=1S/C15H22O4/c1-15(2,3)14(18)10-11-5-6-12(17)13(9-11)19-8-4-7-16/h5-6,9,16-17H,4,7-8,10H2,1-3H3. The Hall–Kier alpha value is -1.55. The van der Waals surface area contributed by atoms with Gasteiger partial charge in [-0.05, 0) is 17.7 Å². The predicted molar refractivity (Wildman–Crippen MR) is 73.5 cm³/mol. The van der Waals surface area contributed by atoms with Crippen molar-refractivity contribution in [1.29, 1.82) is 0 Å². The Balaban J connectivity index is 2.75. The van der Waals surface area contributed by atoms with Crippen LogP contribution in [0.15, 0.2) is 18.2 Å². The van der Waals surface area contributed by atoms with Crippen LogP contribution in [0.3, 0.4) is 0 Å². The summed E-state index contributed by atoms with van der Waals surface area (Å²) >= 11 is 0. The van der Waals surface area contributed by atoms with Crippen LogP contribution >= 0.6 is 0 Å². The third-order valence-electron chi connectivity index (χ3n) is 2.79. The van der Waals surface area contributed by atoms with Crippen molar-refractivity contribution in [2.75, 3.05) is 13.2 Å². The summed E-state index contributed by atoms with van der Waals surface area (Å²) in [7, 11) is 0. The van der Waals surface area contributed by atoms with Gasteiger partial charge in [0, 0.05) is 24.9 Å². The summed E-state index contributed by atoms with van der Waals surface area (Å²) in [4.78, 5) is 12.0. The number of hydrogen-bond acceptors (Lipinski definition) is 4. The van der Waals surface area contributed by atoms with Crippen molar-refractivity contribution in [1.82, 2.24) is 0 Å². The minimum atomic E-state index is -0.379. The van der Waals surface area contributed by atoms with Gasteiger partial charge in [0.25, 0.3) is 0 Å². The van der Waals surface area contributed by atoms with Crippen molar-refractivity contribution in [2.24, 2.45) is 5.41 Å². The molecule has 0 atom stereocenters. The predicted octanol–water partition coefficient (Wildman–Crippen LogP) is 2.31. The van der Waals surface area contributed by atoms with E-state index in [1.165, 1.54) is 6.07 Å². The average Bonchev–Trinajstić information content (AvgIpc) is 2.32. The number of aliphatic hydroxyl groups is 1. The van der Waals surface area contributed by atoms with Crippen LogP contribution in [0, 0.1) is 5.41 Å². The van der Waals surface area contributed by atoms with Crippen LogP contribution in [-0.4, -0.2) is 29.2 Å². The number of hydrogen-bond donors (Lipinski definition) is 2. The minimum absolute atomic E-state index is 0.0446. The number of phenols is 1. The number of aromatic hydroxyl groups is 1. The summed E-state index contributed by atoms with van der Waals surface area (Å²) in [5.74, 6) is 0.539. The van der Waals surface area contributed by atoms with E-state index < -0.39 is 0 Å². The van der Waals surface area contributed by atoms with Crippen LogP contribution in [0.25, 0.3) is 0 Å². The molecule has 0 spiro atoms. The molecule has 0 aliphatic carbocycles. The number of ketones is 1. The summed E-state index contributed by atoms with van der Waals surface area (Å²) in [6.07, 6.45) is 0.824. The van der Waals surface area contributed by atoms with Crippen molar-refractivity contribution in [3.05, 3.63) is 23.8 Å². The van der Waals surface area contributed by atoms with Crippen LogP contribution in [0.1, 0.15) is 32.8 Å². The lowest BCUT2D eigenvalue weighted by molar-refractivity contribution is -0.125. The third kappa shape index (κ3) is 4.91. The van der Waals surface area contributed by atoms with E-state index in [-0.39, 0.29) is 23.6 Å². The highest BCUT2D eigenvalue weighted by atomic mass is 16.5. The fourth-order valence-corrected chi connectivity index (χ4v) is 1.48. The molecule has 19 heavy (non-hydrogen) atoms. The molecule has 0 saturated heterocycles. The van der Waals surface area contributed by atoms with Gasteiger partial charge in [-0.15, -0.1) is 0 Å². The number of Topliss-reactive ketones (excluding diaryl/α,β-unsaturated/α-hetero) is 1. The highest BCUT2D eigenvalue weighted by Crippen LogP contribution is 2.28. The van der Waals surface area contributed by atoms with Crippen molar-refractivity contribution in [2.45, 2.75) is 33.6 Å². The van der Waals surface area contributed by atoms with Crippen molar-refractivity contribution in [3.8, 4) is 11.5 Å². The van der Waals surface area contributed by atoms with E-state index in [2.05, 4.69) is 0 Å². The first kappa shape index (κ1) is 15.5. The molecule has 106 valence electrons. The molecule has 1 aromatic carbocycles. The van der Waals surface area contributed by atoms with Gasteiger partial charge in [0.05, 0.1) is 6.61 Å². The summed E-state index contributed by atoms with van der Waals surface area (Å²) in [5.41, 5.74) is 0.437.